The molecular weight excluding hydrogens is 512 g/mol. The van der Waals surface area contributed by atoms with Gasteiger partial charge >= 0.3 is 11.8 Å². The van der Waals surface area contributed by atoms with Crippen LogP contribution >= 0.6 is 0 Å². The Morgan fingerprint density at radius 3 is 2.90 bits per heavy atom. The predicted molar refractivity (Wildman–Crippen MR) is 144 cm³/mol. The molecule has 0 spiro atoms. The number of nitrogens with one attached hydrogen (secondary N) is 2. The second kappa shape index (κ2) is 11.2. The van der Waals surface area contributed by atoms with Crippen LogP contribution in [0.3, 0.4) is 0 Å². The quantitative estimate of drug-likeness (QED) is 0.299. The predicted octanol–water partition coefficient (Wildman–Crippen LogP) is 2.47. The summed E-state index contributed by atoms with van der Waals surface area (Å²) < 4.78 is 7.22. The van der Waals surface area contributed by atoms with Crippen LogP contribution in [0.15, 0.2) is 47.3 Å². The number of nitrogens with zero attached hydrogens (tertiary/aromatic N) is 8. The summed E-state index contributed by atoms with van der Waals surface area (Å²) in [6, 6.07) is 9.63. The molecule has 5 rings (SSSR count). The highest BCUT2D eigenvalue weighted by atomic mass is 16.4. The first-order valence-electron chi connectivity index (χ1n) is 12.9. The molecule has 206 valence electrons. The summed E-state index contributed by atoms with van der Waals surface area (Å²) in [4.78, 5) is 24.2. The Morgan fingerprint density at radius 1 is 1.30 bits per heavy atom. The fraction of sp³-hybridized carbons (Fsp3) is 0.370. The lowest BCUT2D eigenvalue weighted by molar-refractivity contribution is 0.0894. The highest BCUT2D eigenvalue weighted by Crippen LogP contribution is 2.31. The summed E-state index contributed by atoms with van der Waals surface area (Å²) in [7, 11) is 1.84. The van der Waals surface area contributed by atoms with Crippen LogP contribution in [0.4, 0.5) is 11.6 Å². The summed E-state index contributed by atoms with van der Waals surface area (Å²) in [5, 5.41) is 37.0. The molecule has 0 bridgehead atoms. The number of amides is 1. The molecule has 13 nitrogen and oxygen atoms in total. The number of nitriles is 1. The SMILES string of the molecule is Cn1cc(Nc2nccc(-c3ccc4c(c3)CN(CCO)CC[C@@H]4NC(=O)c3nnc(C(C)(C)C#N)o3)n2)cn1. The van der Waals surface area contributed by atoms with Crippen LogP contribution in [0, 0.1) is 11.3 Å². The lowest BCUT2D eigenvalue weighted by atomic mass is 9.96. The van der Waals surface area contributed by atoms with Crippen molar-refractivity contribution in [2.45, 2.75) is 38.3 Å². The summed E-state index contributed by atoms with van der Waals surface area (Å²) in [5.41, 5.74) is 3.37. The molecule has 4 aromatic rings. The van der Waals surface area contributed by atoms with Gasteiger partial charge in [-0.1, -0.05) is 12.1 Å². The molecule has 0 saturated heterocycles. The van der Waals surface area contributed by atoms with Gasteiger partial charge in [0.15, 0.2) is 0 Å². The van der Waals surface area contributed by atoms with Crippen molar-refractivity contribution >= 4 is 17.5 Å². The van der Waals surface area contributed by atoms with E-state index >= 15 is 0 Å². The molecule has 3 aromatic heterocycles. The summed E-state index contributed by atoms with van der Waals surface area (Å²) in [6.45, 7) is 5.09. The van der Waals surface area contributed by atoms with Gasteiger partial charge in [-0.15, -0.1) is 10.2 Å². The van der Waals surface area contributed by atoms with Crippen molar-refractivity contribution in [3.8, 4) is 17.3 Å². The van der Waals surface area contributed by atoms with Crippen molar-refractivity contribution in [3.63, 3.8) is 0 Å². The molecule has 0 aliphatic carbocycles. The number of aliphatic hydroxyl groups excluding tert-OH is 1. The maximum absolute atomic E-state index is 13.1. The fourth-order valence-electron chi connectivity index (χ4n) is 4.54. The second-order valence-corrected chi connectivity index (χ2v) is 10.2. The van der Waals surface area contributed by atoms with Gasteiger partial charge in [-0.25, -0.2) is 9.97 Å². The normalized spacial score (nSPS) is 15.6. The Hall–Kier alpha value is -4.67. The first-order chi connectivity index (χ1) is 19.3. The number of hydrogen-bond donors (Lipinski definition) is 3. The van der Waals surface area contributed by atoms with Gasteiger partial charge < -0.3 is 20.2 Å². The number of aliphatic hydroxyl groups is 1. The minimum absolute atomic E-state index is 0.0285. The first kappa shape index (κ1) is 26.9. The average Bonchev–Trinajstić information content (AvgIpc) is 3.57. The monoisotopic (exact) mass is 542 g/mol. The molecule has 0 unspecified atom stereocenters. The van der Waals surface area contributed by atoms with E-state index in [1.165, 1.54) is 0 Å². The number of rotatable bonds is 8. The Labute approximate surface area is 230 Å². The topological polar surface area (TPSA) is 171 Å². The second-order valence-electron chi connectivity index (χ2n) is 10.2. The van der Waals surface area contributed by atoms with Crippen LogP contribution in [-0.4, -0.2) is 65.6 Å². The zero-order chi connectivity index (χ0) is 28.3. The standard InChI is InChI=1S/C27H30N10O3/c1-27(2,16-28)25-35-34-24(40-25)23(39)32-22-7-9-37(10-11-38)14-18-12-17(4-5-20(18)22)21-6-8-29-26(33-21)31-19-13-30-36(3)15-19/h4-6,8,12-13,15,22,38H,7,9-11,14H2,1-3H3,(H,32,39)(H,29,31,33)/t22-/m0/s1. The number of fused-ring (bicyclic) bond motifs is 1. The van der Waals surface area contributed by atoms with Crippen LogP contribution in [-0.2, 0) is 19.0 Å². The van der Waals surface area contributed by atoms with Gasteiger partial charge in [0, 0.05) is 44.6 Å². The van der Waals surface area contributed by atoms with Crippen LogP contribution < -0.4 is 10.6 Å². The third-order valence-corrected chi connectivity index (χ3v) is 6.71. The molecule has 1 aliphatic heterocycles. The Kier molecular flexibility index (Phi) is 7.54. The van der Waals surface area contributed by atoms with Crippen molar-refractivity contribution in [1.29, 1.82) is 5.26 Å². The first-order valence-corrected chi connectivity index (χ1v) is 12.9. The lowest BCUT2D eigenvalue weighted by Crippen LogP contribution is -2.31. The number of β-amino-alcohol motifs (C(OH)–C–C–N with tert-alkyl or cyclic N) is 1. The number of anilines is 2. The fourth-order valence-corrected chi connectivity index (χ4v) is 4.54. The Morgan fingerprint density at radius 2 is 2.15 bits per heavy atom. The molecule has 40 heavy (non-hydrogen) atoms. The number of hydrogen-bond acceptors (Lipinski definition) is 11. The summed E-state index contributed by atoms with van der Waals surface area (Å²) in [6.07, 6.45) is 5.85. The third-order valence-electron chi connectivity index (χ3n) is 6.71. The minimum atomic E-state index is -1.00. The molecule has 1 aliphatic rings. The maximum Gasteiger partial charge on any atom is 0.309 e. The van der Waals surface area contributed by atoms with Gasteiger partial charge in [0.05, 0.1) is 36.3 Å². The Bertz CT molecular complexity index is 1550. The van der Waals surface area contributed by atoms with Crippen molar-refractivity contribution in [3.05, 3.63) is 65.8 Å². The number of aryl methyl sites for hydroxylation is 1. The largest absolute Gasteiger partial charge is 0.415 e. The molecule has 1 amide bonds. The molecule has 4 heterocycles. The van der Waals surface area contributed by atoms with E-state index in [2.05, 4.69) is 52.9 Å². The molecule has 13 heteroatoms. The number of aromatic nitrogens is 6. The van der Waals surface area contributed by atoms with Crippen molar-refractivity contribution in [1.82, 2.24) is 40.2 Å². The van der Waals surface area contributed by atoms with Crippen LogP contribution in [0.5, 0.6) is 0 Å². The smallest absolute Gasteiger partial charge is 0.309 e. The lowest BCUT2D eigenvalue weighted by Gasteiger charge is -2.19. The van der Waals surface area contributed by atoms with E-state index in [1.807, 2.05) is 31.4 Å². The molecule has 3 N–H and O–H groups in total. The van der Waals surface area contributed by atoms with Gasteiger partial charge in [0.25, 0.3) is 0 Å². The van der Waals surface area contributed by atoms with Crippen LogP contribution in [0.2, 0.25) is 0 Å². The van der Waals surface area contributed by atoms with E-state index in [1.54, 1.807) is 30.9 Å². The van der Waals surface area contributed by atoms with Crippen LogP contribution in [0.25, 0.3) is 11.3 Å². The van der Waals surface area contributed by atoms with E-state index in [-0.39, 0.29) is 24.4 Å². The molecule has 0 fully saturated rings. The average molecular weight is 543 g/mol. The zero-order valence-corrected chi connectivity index (χ0v) is 22.5. The van der Waals surface area contributed by atoms with Gasteiger partial charge in [-0.3, -0.25) is 14.4 Å². The highest BCUT2D eigenvalue weighted by Gasteiger charge is 2.30. The number of carbonyl (C=O) groups excluding carboxylic acids is 1. The van der Waals surface area contributed by atoms with Crippen molar-refractivity contribution in [2.24, 2.45) is 7.05 Å². The maximum atomic E-state index is 13.1. The van der Waals surface area contributed by atoms with Gasteiger partial charge in [0.1, 0.15) is 5.41 Å². The van der Waals surface area contributed by atoms with Gasteiger partial charge in [0.2, 0.25) is 11.8 Å². The summed E-state index contributed by atoms with van der Waals surface area (Å²) >= 11 is 0. The molecule has 1 aromatic carbocycles. The number of benzene rings is 1. The molecule has 0 radical (unpaired) electrons. The molecular formula is C27H30N10O3. The summed E-state index contributed by atoms with van der Waals surface area (Å²) in [5.74, 6) is -0.166. The molecule has 0 saturated carbocycles. The zero-order valence-electron chi connectivity index (χ0n) is 22.5. The van der Waals surface area contributed by atoms with E-state index in [9.17, 15) is 15.2 Å². The van der Waals surface area contributed by atoms with Gasteiger partial charge in [-0.2, -0.15) is 10.4 Å². The van der Waals surface area contributed by atoms with Crippen molar-refractivity contribution < 1.29 is 14.3 Å². The molecule has 1 atom stereocenters. The van der Waals surface area contributed by atoms with E-state index in [4.69, 9.17) is 4.42 Å². The van der Waals surface area contributed by atoms with Crippen LogP contribution in [0.1, 0.15) is 54.0 Å². The minimum Gasteiger partial charge on any atom is -0.415 e. The van der Waals surface area contributed by atoms with Crippen molar-refractivity contribution in [2.75, 3.05) is 25.0 Å². The Balaban J connectivity index is 1.41. The van der Waals surface area contributed by atoms with E-state index < -0.39 is 11.3 Å². The van der Waals surface area contributed by atoms with E-state index in [0.29, 0.717) is 32.0 Å². The third kappa shape index (κ3) is 5.83. The van der Waals surface area contributed by atoms with Gasteiger partial charge in [-0.05, 0) is 43.5 Å². The number of carbonyl (C=O) groups is 1. The highest BCUT2D eigenvalue weighted by molar-refractivity contribution is 5.89. The van der Waals surface area contributed by atoms with E-state index in [0.717, 1.165) is 28.1 Å².